The minimum absolute atomic E-state index is 0.326. The first-order valence-corrected chi connectivity index (χ1v) is 6.91. The summed E-state index contributed by atoms with van der Waals surface area (Å²) >= 11 is 0. The molecule has 3 N–H and O–H groups in total. The Hall–Kier alpha value is -1.40. The predicted octanol–water partition coefficient (Wildman–Crippen LogP) is -0.361. The summed E-state index contributed by atoms with van der Waals surface area (Å²) in [6, 6.07) is 1.48. The van der Waals surface area contributed by atoms with Crippen molar-refractivity contribution in [3.8, 4) is 0 Å². The van der Waals surface area contributed by atoms with Crippen LogP contribution in [0.1, 0.15) is 25.0 Å². The van der Waals surface area contributed by atoms with Gasteiger partial charge in [0.15, 0.2) is 0 Å². The first-order valence-electron chi connectivity index (χ1n) is 6.91. The van der Waals surface area contributed by atoms with Crippen LogP contribution in [-0.2, 0) is 6.54 Å². The molecule has 19 heavy (non-hydrogen) atoms. The second-order valence-electron chi connectivity index (χ2n) is 5.85. The summed E-state index contributed by atoms with van der Waals surface area (Å²) in [7, 11) is 0. The van der Waals surface area contributed by atoms with Crippen LogP contribution in [0.5, 0.6) is 0 Å². The standard InChI is InChI=1S/C13H20N4O2/c18-11-6-10(15-12(19)16-11)7-17-5-1-2-13(9-17)3-4-14-8-13/h6,14H,1-5,7-9H2,(H2,15,16,18,19). The number of nitrogens with zero attached hydrogens (tertiary/aromatic N) is 1. The Labute approximate surface area is 111 Å². The van der Waals surface area contributed by atoms with E-state index in [0.717, 1.165) is 26.2 Å². The van der Waals surface area contributed by atoms with Gasteiger partial charge in [-0.3, -0.25) is 14.7 Å². The Kier molecular flexibility index (Phi) is 3.28. The molecule has 2 saturated heterocycles. The van der Waals surface area contributed by atoms with Gasteiger partial charge in [-0.2, -0.15) is 0 Å². The van der Waals surface area contributed by atoms with Crippen LogP contribution < -0.4 is 16.6 Å². The zero-order valence-electron chi connectivity index (χ0n) is 11.0. The molecule has 104 valence electrons. The normalized spacial score (nSPS) is 28.0. The van der Waals surface area contributed by atoms with E-state index < -0.39 is 5.69 Å². The summed E-state index contributed by atoms with van der Waals surface area (Å²) < 4.78 is 0. The van der Waals surface area contributed by atoms with Crippen molar-refractivity contribution in [2.45, 2.75) is 25.8 Å². The number of hydrogen-bond acceptors (Lipinski definition) is 4. The summed E-state index contributed by atoms with van der Waals surface area (Å²) in [6.07, 6.45) is 3.70. The molecule has 1 unspecified atom stereocenters. The second-order valence-corrected chi connectivity index (χ2v) is 5.85. The molecule has 3 heterocycles. The molecule has 6 heteroatoms. The highest BCUT2D eigenvalue weighted by molar-refractivity contribution is 5.00. The van der Waals surface area contributed by atoms with E-state index in [2.05, 4.69) is 20.2 Å². The molecule has 1 aromatic heterocycles. The maximum atomic E-state index is 11.3. The molecule has 2 fully saturated rings. The van der Waals surface area contributed by atoms with Gasteiger partial charge in [0, 0.05) is 31.4 Å². The molecule has 2 aliphatic heterocycles. The summed E-state index contributed by atoms with van der Waals surface area (Å²) in [5.74, 6) is 0. The lowest BCUT2D eigenvalue weighted by molar-refractivity contribution is 0.0966. The third kappa shape index (κ3) is 2.79. The third-order valence-electron chi connectivity index (χ3n) is 4.28. The number of piperidine rings is 1. The highest BCUT2D eigenvalue weighted by Gasteiger charge is 2.37. The SMILES string of the molecule is O=c1cc(CN2CCCC3(CCNC3)C2)[nH]c(=O)[nH]1. The van der Waals surface area contributed by atoms with Crippen molar-refractivity contribution < 1.29 is 0 Å². The first-order chi connectivity index (χ1) is 9.15. The molecule has 3 rings (SSSR count). The van der Waals surface area contributed by atoms with E-state index in [1.807, 2.05) is 0 Å². The van der Waals surface area contributed by atoms with E-state index in [9.17, 15) is 9.59 Å². The van der Waals surface area contributed by atoms with E-state index in [1.165, 1.54) is 25.3 Å². The van der Waals surface area contributed by atoms with Crippen LogP contribution in [0.2, 0.25) is 0 Å². The number of aromatic nitrogens is 2. The van der Waals surface area contributed by atoms with Gasteiger partial charge in [-0.1, -0.05) is 0 Å². The molecule has 0 amide bonds. The fourth-order valence-corrected chi connectivity index (χ4v) is 3.43. The van der Waals surface area contributed by atoms with Crippen molar-refractivity contribution in [2.24, 2.45) is 5.41 Å². The van der Waals surface area contributed by atoms with Gasteiger partial charge in [-0.25, -0.2) is 4.79 Å². The lowest BCUT2D eigenvalue weighted by Crippen LogP contribution is -2.44. The van der Waals surface area contributed by atoms with Crippen molar-refractivity contribution in [1.29, 1.82) is 0 Å². The highest BCUT2D eigenvalue weighted by Crippen LogP contribution is 2.35. The monoisotopic (exact) mass is 264 g/mol. The van der Waals surface area contributed by atoms with Crippen molar-refractivity contribution in [3.63, 3.8) is 0 Å². The average molecular weight is 264 g/mol. The number of likely N-dealkylation sites (tertiary alicyclic amines) is 1. The van der Waals surface area contributed by atoms with Crippen LogP contribution in [0.15, 0.2) is 15.7 Å². The molecule has 0 bridgehead atoms. The molecule has 0 aliphatic carbocycles. The van der Waals surface area contributed by atoms with Crippen LogP contribution in [-0.4, -0.2) is 41.0 Å². The van der Waals surface area contributed by atoms with Gasteiger partial charge in [0.25, 0.3) is 5.56 Å². The number of nitrogens with one attached hydrogen (secondary N) is 3. The van der Waals surface area contributed by atoms with Gasteiger partial charge in [-0.15, -0.1) is 0 Å². The Morgan fingerprint density at radius 2 is 2.16 bits per heavy atom. The number of aromatic amines is 2. The fourth-order valence-electron chi connectivity index (χ4n) is 3.43. The van der Waals surface area contributed by atoms with Crippen LogP contribution in [0, 0.1) is 5.41 Å². The van der Waals surface area contributed by atoms with Crippen molar-refractivity contribution >= 4 is 0 Å². The topological polar surface area (TPSA) is 81.0 Å². The molecule has 0 aromatic carbocycles. The Morgan fingerprint density at radius 1 is 1.26 bits per heavy atom. The molecule has 0 saturated carbocycles. The molecular weight excluding hydrogens is 244 g/mol. The molecule has 6 nitrogen and oxygen atoms in total. The maximum absolute atomic E-state index is 11.3. The first kappa shape index (κ1) is 12.6. The smallest absolute Gasteiger partial charge is 0.316 e. The minimum Gasteiger partial charge on any atom is -0.316 e. The number of rotatable bonds is 2. The van der Waals surface area contributed by atoms with E-state index in [0.29, 0.717) is 17.7 Å². The largest absolute Gasteiger partial charge is 0.325 e. The van der Waals surface area contributed by atoms with Crippen LogP contribution in [0.4, 0.5) is 0 Å². The van der Waals surface area contributed by atoms with E-state index in [-0.39, 0.29) is 5.56 Å². The van der Waals surface area contributed by atoms with E-state index in [4.69, 9.17) is 0 Å². The quantitative estimate of drug-likeness (QED) is 0.681. The molecule has 1 spiro atoms. The fraction of sp³-hybridized carbons (Fsp3) is 0.692. The predicted molar refractivity (Wildman–Crippen MR) is 72.1 cm³/mol. The Balaban J connectivity index is 1.72. The molecule has 1 atom stereocenters. The molecule has 0 radical (unpaired) electrons. The Morgan fingerprint density at radius 3 is 2.89 bits per heavy atom. The van der Waals surface area contributed by atoms with Gasteiger partial charge in [0.2, 0.25) is 0 Å². The van der Waals surface area contributed by atoms with Crippen molar-refractivity contribution in [3.05, 3.63) is 32.6 Å². The highest BCUT2D eigenvalue weighted by atomic mass is 16.2. The maximum Gasteiger partial charge on any atom is 0.325 e. The summed E-state index contributed by atoms with van der Waals surface area (Å²) in [5, 5.41) is 3.45. The summed E-state index contributed by atoms with van der Waals surface area (Å²) in [5.41, 5.74) is 0.362. The lowest BCUT2D eigenvalue weighted by Gasteiger charge is -2.39. The Bertz CT molecular complexity index is 528. The number of hydrogen-bond donors (Lipinski definition) is 3. The van der Waals surface area contributed by atoms with Crippen LogP contribution in [0.25, 0.3) is 0 Å². The summed E-state index contributed by atoms with van der Waals surface area (Å²) in [6.45, 7) is 4.94. The van der Waals surface area contributed by atoms with Crippen LogP contribution in [0.3, 0.4) is 0 Å². The molecular formula is C13H20N4O2. The van der Waals surface area contributed by atoms with E-state index in [1.54, 1.807) is 0 Å². The lowest BCUT2D eigenvalue weighted by atomic mass is 9.79. The number of H-pyrrole nitrogens is 2. The van der Waals surface area contributed by atoms with Crippen molar-refractivity contribution in [2.75, 3.05) is 26.2 Å². The third-order valence-corrected chi connectivity index (χ3v) is 4.28. The zero-order valence-corrected chi connectivity index (χ0v) is 11.0. The molecule has 1 aromatic rings. The van der Waals surface area contributed by atoms with Crippen molar-refractivity contribution in [1.82, 2.24) is 20.2 Å². The average Bonchev–Trinajstić information content (AvgIpc) is 2.76. The molecule has 2 aliphatic rings. The zero-order chi connectivity index (χ0) is 13.3. The van der Waals surface area contributed by atoms with Crippen LogP contribution >= 0.6 is 0 Å². The van der Waals surface area contributed by atoms with Gasteiger partial charge < -0.3 is 10.3 Å². The second kappa shape index (κ2) is 4.94. The van der Waals surface area contributed by atoms with Gasteiger partial charge >= 0.3 is 5.69 Å². The summed E-state index contributed by atoms with van der Waals surface area (Å²) in [4.78, 5) is 29.8. The van der Waals surface area contributed by atoms with Gasteiger partial charge in [0.05, 0.1) is 0 Å². The van der Waals surface area contributed by atoms with Gasteiger partial charge in [0.1, 0.15) is 0 Å². The van der Waals surface area contributed by atoms with Gasteiger partial charge in [-0.05, 0) is 37.8 Å². The van der Waals surface area contributed by atoms with E-state index >= 15 is 0 Å². The minimum atomic E-state index is -0.420.